The second kappa shape index (κ2) is 16.7. The number of rotatable bonds is 9. The Balaban J connectivity index is 1.13. The van der Waals surface area contributed by atoms with Crippen LogP contribution in [-0.4, -0.2) is 0 Å². The van der Waals surface area contributed by atoms with Gasteiger partial charge < -0.3 is 4.90 Å². The van der Waals surface area contributed by atoms with Crippen molar-refractivity contribution in [1.82, 2.24) is 0 Å². The molecule has 0 radical (unpaired) electrons. The van der Waals surface area contributed by atoms with Crippen LogP contribution in [0.15, 0.2) is 261 Å². The second-order valence-electron chi connectivity index (χ2n) is 16.0. The van der Waals surface area contributed by atoms with Gasteiger partial charge in [-0.05, 0) is 114 Å². The van der Waals surface area contributed by atoms with Gasteiger partial charge in [0.15, 0.2) is 0 Å². The van der Waals surface area contributed by atoms with Gasteiger partial charge in [-0.25, -0.2) is 0 Å². The molecule has 0 saturated carbocycles. The van der Waals surface area contributed by atoms with Gasteiger partial charge in [0.2, 0.25) is 0 Å². The van der Waals surface area contributed by atoms with Crippen LogP contribution in [0.5, 0.6) is 0 Å². The van der Waals surface area contributed by atoms with E-state index in [1.54, 1.807) is 0 Å². The number of fused-ring (bicyclic) bond motifs is 3. The Kier molecular flexibility index (Phi) is 9.97. The number of hydrogen-bond donors (Lipinski definition) is 0. The van der Waals surface area contributed by atoms with E-state index in [1.165, 1.54) is 82.7 Å². The van der Waals surface area contributed by atoms with Crippen LogP contribution in [0.2, 0.25) is 0 Å². The quantitative estimate of drug-likeness (QED) is 0.131. The molecule has 0 fully saturated rings. The van der Waals surface area contributed by atoms with Crippen molar-refractivity contribution < 1.29 is 0 Å². The first-order valence-electron chi connectivity index (χ1n) is 21.7. The Labute approximate surface area is 369 Å². The molecule has 0 amide bonds. The average Bonchev–Trinajstić information content (AvgIpc) is 3.37. The van der Waals surface area contributed by atoms with Gasteiger partial charge in [0, 0.05) is 22.3 Å². The van der Waals surface area contributed by atoms with Crippen molar-refractivity contribution in [3.05, 3.63) is 261 Å². The number of nitrogens with zero attached hydrogens (tertiary/aromatic N) is 1. The molecule has 63 heavy (non-hydrogen) atoms. The molecule has 0 atom stereocenters. The smallest absolute Gasteiger partial charge is 0.0546 e. The first kappa shape index (κ1) is 37.7. The minimum Gasteiger partial charge on any atom is -0.310 e. The van der Waals surface area contributed by atoms with E-state index in [9.17, 15) is 0 Å². The molecule has 11 aromatic rings. The van der Waals surface area contributed by atoms with E-state index in [0.29, 0.717) is 0 Å². The highest BCUT2D eigenvalue weighted by atomic mass is 15.1. The molecule has 0 heterocycles. The van der Waals surface area contributed by atoms with Crippen LogP contribution in [0.25, 0.3) is 88.3 Å². The van der Waals surface area contributed by atoms with E-state index in [4.69, 9.17) is 0 Å². The van der Waals surface area contributed by atoms with Gasteiger partial charge in [0.05, 0.1) is 5.69 Å². The second-order valence-corrected chi connectivity index (χ2v) is 16.0. The van der Waals surface area contributed by atoms with Crippen LogP contribution in [0.4, 0.5) is 17.1 Å². The molecule has 0 aliphatic carbocycles. The van der Waals surface area contributed by atoms with Gasteiger partial charge in [-0.2, -0.15) is 0 Å². The van der Waals surface area contributed by atoms with E-state index in [0.717, 1.165) is 22.6 Å². The molecule has 0 aliphatic heterocycles. The van der Waals surface area contributed by atoms with E-state index in [2.05, 4.69) is 266 Å². The molecular formula is C62H43N. The Hall–Kier alpha value is -8.26. The van der Waals surface area contributed by atoms with Crippen molar-refractivity contribution in [3.8, 4) is 66.8 Å². The lowest BCUT2D eigenvalue weighted by atomic mass is 9.84. The van der Waals surface area contributed by atoms with Crippen LogP contribution in [-0.2, 0) is 0 Å². The van der Waals surface area contributed by atoms with Gasteiger partial charge in [0.25, 0.3) is 0 Å². The summed E-state index contributed by atoms with van der Waals surface area (Å²) in [7, 11) is 0. The highest BCUT2D eigenvalue weighted by molar-refractivity contribution is 6.25. The van der Waals surface area contributed by atoms with Crippen LogP contribution < -0.4 is 4.90 Å². The molecule has 0 bridgehead atoms. The van der Waals surface area contributed by atoms with Crippen LogP contribution in [0.3, 0.4) is 0 Å². The summed E-state index contributed by atoms with van der Waals surface area (Å²) in [5, 5.41) is 4.90. The lowest BCUT2D eigenvalue weighted by Crippen LogP contribution is -2.11. The zero-order valence-electron chi connectivity index (χ0n) is 34.8. The Bertz CT molecular complexity index is 3320. The lowest BCUT2D eigenvalue weighted by Gasteiger charge is -2.29. The van der Waals surface area contributed by atoms with Crippen LogP contribution in [0, 0.1) is 0 Å². The minimum absolute atomic E-state index is 1.08. The predicted octanol–water partition coefficient (Wildman–Crippen LogP) is 17.5. The summed E-state index contributed by atoms with van der Waals surface area (Å²) in [6, 6.07) is 94.6. The highest BCUT2D eigenvalue weighted by Crippen LogP contribution is 2.50. The van der Waals surface area contributed by atoms with E-state index < -0.39 is 0 Å². The third-order valence-electron chi connectivity index (χ3n) is 12.3. The van der Waals surface area contributed by atoms with E-state index in [-0.39, 0.29) is 0 Å². The molecule has 0 spiro atoms. The molecule has 0 aromatic heterocycles. The van der Waals surface area contributed by atoms with Crippen molar-refractivity contribution in [2.45, 2.75) is 0 Å². The monoisotopic (exact) mass is 801 g/mol. The number of hydrogen-bond acceptors (Lipinski definition) is 1. The van der Waals surface area contributed by atoms with Crippen molar-refractivity contribution >= 4 is 38.6 Å². The summed E-state index contributed by atoms with van der Waals surface area (Å²) in [6.07, 6.45) is 0. The first-order valence-corrected chi connectivity index (χ1v) is 21.7. The lowest BCUT2D eigenvalue weighted by molar-refractivity contribution is 1.30. The van der Waals surface area contributed by atoms with Crippen LogP contribution >= 0.6 is 0 Å². The third kappa shape index (κ3) is 7.16. The van der Waals surface area contributed by atoms with E-state index >= 15 is 0 Å². The minimum atomic E-state index is 1.08. The SMILES string of the molecule is c1ccc(-c2ccc(N(c3ccc(-c4ccc(-c5ccccc5)c(-c5ccccc5)c4)cc3)c3cccc4c3c(-c3ccccc3)c(-c3ccccc3)c3ccccc34)cc2)cc1. The molecule has 0 saturated heterocycles. The molecule has 0 aliphatic rings. The highest BCUT2D eigenvalue weighted by Gasteiger charge is 2.24. The first-order chi connectivity index (χ1) is 31.3. The summed E-state index contributed by atoms with van der Waals surface area (Å²) >= 11 is 0. The fourth-order valence-electron chi connectivity index (χ4n) is 9.32. The summed E-state index contributed by atoms with van der Waals surface area (Å²) in [4.78, 5) is 2.45. The van der Waals surface area contributed by atoms with Crippen molar-refractivity contribution in [1.29, 1.82) is 0 Å². The maximum atomic E-state index is 2.45. The molecule has 296 valence electrons. The molecular weight excluding hydrogens is 759 g/mol. The Morgan fingerprint density at radius 2 is 0.619 bits per heavy atom. The summed E-state index contributed by atoms with van der Waals surface area (Å²) in [5.74, 6) is 0. The van der Waals surface area contributed by atoms with E-state index in [1.807, 2.05) is 0 Å². The summed E-state index contributed by atoms with van der Waals surface area (Å²) in [5.41, 5.74) is 17.7. The summed E-state index contributed by atoms with van der Waals surface area (Å²) < 4.78 is 0. The van der Waals surface area contributed by atoms with Crippen molar-refractivity contribution in [2.24, 2.45) is 0 Å². The molecule has 11 aromatic carbocycles. The number of anilines is 3. The van der Waals surface area contributed by atoms with Gasteiger partial charge in [0.1, 0.15) is 0 Å². The maximum absolute atomic E-state index is 2.45. The van der Waals surface area contributed by atoms with Crippen molar-refractivity contribution in [2.75, 3.05) is 4.90 Å². The third-order valence-corrected chi connectivity index (χ3v) is 12.3. The van der Waals surface area contributed by atoms with Gasteiger partial charge in [-0.15, -0.1) is 0 Å². The van der Waals surface area contributed by atoms with Crippen LogP contribution in [0.1, 0.15) is 0 Å². The van der Waals surface area contributed by atoms with Gasteiger partial charge in [-0.1, -0.05) is 224 Å². The summed E-state index contributed by atoms with van der Waals surface area (Å²) in [6.45, 7) is 0. The largest absolute Gasteiger partial charge is 0.310 e. The predicted molar refractivity (Wildman–Crippen MR) is 269 cm³/mol. The molecule has 1 nitrogen and oxygen atoms in total. The Morgan fingerprint density at radius 3 is 1.17 bits per heavy atom. The fourth-order valence-corrected chi connectivity index (χ4v) is 9.32. The Morgan fingerprint density at radius 1 is 0.222 bits per heavy atom. The topological polar surface area (TPSA) is 3.24 Å². The average molecular weight is 802 g/mol. The molecule has 11 rings (SSSR count). The van der Waals surface area contributed by atoms with Gasteiger partial charge in [-0.3, -0.25) is 0 Å². The molecule has 0 N–H and O–H groups in total. The fraction of sp³-hybridized carbons (Fsp3) is 0. The zero-order chi connectivity index (χ0) is 42.0. The van der Waals surface area contributed by atoms with Gasteiger partial charge >= 0.3 is 0 Å². The number of benzene rings is 11. The standard InChI is InChI=1S/C62H43N/c1-6-19-44(20-7-1)45-33-38-52(39-34-45)63(53-40-35-46(36-41-53)51-37-42-54(47-21-8-2-9-22-47)58(43-51)48-23-10-3-11-24-48)59-32-18-31-57-55-29-16-17-30-56(55)60(49-25-12-4-13-26-49)61(62(57)59)50-27-14-5-15-28-50/h1-43H. The normalized spacial score (nSPS) is 11.2. The molecule has 1 heteroatoms. The maximum Gasteiger partial charge on any atom is 0.0546 e. The zero-order valence-corrected chi connectivity index (χ0v) is 34.8. The van der Waals surface area contributed by atoms with Crippen molar-refractivity contribution in [3.63, 3.8) is 0 Å². The molecule has 0 unspecified atom stereocenters.